The molecule has 3 amide bonds. The Morgan fingerprint density at radius 1 is 0.824 bits per heavy atom. The van der Waals surface area contributed by atoms with Gasteiger partial charge in [-0.3, -0.25) is 14.4 Å². The SMILES string of the molecule is CCOc1ccc2nc(NC(=O)C(Sc3ccc(NC(=O)/C(=C/c4cccc(OC)c4)NC(=O)c4ccccc4)cc3)c3ccccc3)sc2c1. The molecule has 3 N–H and O–H groups in total. The lowest BCUT2D eigenvalue weighted by atomic mass is 10.1. The second kappa shape index (κ2) is 16.7. The van der Waals surface area contributed by atoms with E-state index in [9.17, 15) is 14.4 Å². The van der Waals surface area contributed by atoms with Crippen LogP contribution in [0.5, 0.6) is 11.5 Å². The Kier molecular flexibility index (Phi) is 11.4. The summed E-state index contributed by atoms with van der Waals surface area (Å²) in [6, 6.07) is 38.2. The lowest BCUT2D eigenvalue weighted by molar-refractivity contribution is -0.116. The van der Waals surface area contributed by atoms with Crippen LogP contribution in [0.4, 0.5) is 10.8 Å². The van der Waals surface area contributed by atoms with Gasteiger partial charge in [0, 0.05) is 16.1 Å². The molecule has 1 aromatic heterocycles. The van der Waals surface area contributed by atoms with Gasteiger partial charge in [0.2, 0.25) is 5.91 Å². The molecule has 51 heavy (non-hydrogen) atoms. The number of anilines is 2. The molecular weight excluding hydrogens is 681 g/mol. The molecule has 0 spiro atoms. The number of amides is 3. The van der Waals surface area contributed by atoms with Gasteiger partial charge in [0.1, 0.15) is 22.4 Å². The summed E-state index contributed by atoms with van der Waals surface area (Å²) in [5, 5.41) is 8.56. The number of thioether (sulfide) groups is 1. The highest BCUT2D eigenvalue weighted by molar-refractivity contribution is 8.00. The van der Waals surface area contributed by atoms with Gasteiger partial charge in [-0.15, -0.1) is 11.8 Å². The first kappa shape index (κ1) is 34.9. The molecule has 0 aliphatic rings. The molecule has 0 aliphatic carbocycles. The van der Waals surface area contributed by atoms with Crippen LogP contribution in [0.25, 0.3) is 16.3 Å². The maximum atomic E-state index is 13.7. The third-order valence-electron chi connectivity index (χ3n) is 7.54. The minimum Gasteiger partial charge on any atom is -0.497 e. The van der Waals surface area contributed by atoms with Crippen molar-refractivity contribution in [1.29, 1.82) is 0 Å². The maximum absolute atomic E-state index is 13.7. The van der Waals surface area contributed by atoms with Crippen molar-refractivity contribution in [2.24, 2.45) is 0 Å². The molecule has 6 aromatic rings. The Morgan fingerprint density at radius 3 is 2.29 bits per heavy atom. The number of rotatable bonds is 13. The van der Waals surface area contributed by atoms with Crippen LogP contribution in [0, 0.1) is 0 Å². The fourth-order valence-electron chi connectivity index (χ4n) is 5.08. The number of hydrogen-bond acceptors (Lipinski definition) is 8. The van der Waals surface area contributed by atoms with Gasteiger partial charge >= 0.3 is 0 Å². The molecule has 1 unspecified atom stereocenters. The van der Waals surface area contributed by atoms with Gasteiger partial charge in [0.05, 0.1) is 23.9 Å². The Hall–Kier alpha value is -5.91. The van der Waals surface area contributed by atoms with Crippen molar-refractivity contribution < 1.29 is 23.9 Å². The largest absolute Gasteiger partial charge is 0.497 e. The molecule has 11 heteroatoms. The normalized spacial score (nSPS) is 11.8. The number of nitrogens with one attached hydrogen (secondary N) is 3. The first-order chi connectivity index (χ1) is 24.9. The van der Waals surface area contributed by atoms with E-state index in [1.807, 2.05) is 79.7 Å². The molecule has 0 aliphatic heterocycles. The monoisotopic (exact) mass is 714 g/mol. The Bertz CT molecular complexity index is 2170. The van der Waals surface area contributed by atoms with E-state index < -0.39 is 17.1 Å². The first-order valence-electron chi connectivity index (χ1n) is 16.1. The van der Waals surface area contributed by atoms with E-state index in [1.54, 1.807) is 67.8 Å². The van der Waals surface area contributed by atoms with Crippen molar-refractivity contribution in [3.8, 4) is 11.5 Å². The number of carbonyl (C=O) groups excluding carboxylic acids is 3. The van der Waals surface area contributed by atoms with E-state index in [-0.39, 0.29) is 11.6 Å². The van der Waals surface area contributed by atoms with Crippen molar-refractivity contribution in [3.63, 3.8) is 0 Å². The summed E-state index contributed by atoms with van der Waals surface area (Å²) < 4.78 is 11.9. The molecule has 0 bridgehead atoms. The van der Waals surface area contributed by atoms with E-state index in [0.29, 0.717) is 34.3 Å². The van der Waals surface area contributed by atoms with Gasteiger partial charge in [0.25, 0.3) is 11.8 Å². The van der Waals surface area contributed by atoms with Crippen LogP contribution in [-0.4, -0.2) is 36.4 Å². The summed E-state index contributed by atoms with van der Waals surface area (Å²) in [5.74, 6) is 0.231. The van der Waals surface area contributed by atoms with Crippen LogP contribution in [-0.2, 0) is 9.59 Å². The average Bonchev–Trinajstić information content (AvgIpc) is 3.56. The highest BCUT2D eigenvalue weighted by Crippen LogP contribution is 2.38. The molecule has 9 nitrogen and oxygen atoms in total. The number of fused-ring (bicyclic) bond motifs is 1. The van der Waals surface area contributed by atoms with Crippen LogP contribution >= 0.6 is 23.1 Å². The summed E-state index contributed by atoms with van der Waals surface area (Å²) in [6.07, 6.45) is 1.59. The van der Waals surface area contributed by atoms with E-state index >= 15 is 0 Å². The molecule has 0 fully saturated rings. The minimum absolute atomic E-state index is 0.0559. The number of thiazole rings is 1. The number of nitrogens with zero attached hydrogens (tertiary/aromatic N) is 1. The van der Waals surface area contributed by atoms with Gasteiger partial charge in [-0.25, -0.2) is 4.98 Å². The Balaban J connectivity index is 1.18. The fourth-order valence-corrected chi connectivity index (χ4v) is 7.00. The smallest absolute Gasteiger partial charge is 0.272 e. The van der Waals surface area contributed by atoms with Gasteiger partial charge in [-0.1, -0.05) is 72.0 Å². The summed E-state index contributed by atoms with van der Waals surface area (Å²) in [5.41, 5.74) is 3.27. The van der Waals surface area contributed by atoms with Crippen LogP contribution in [0.3, 0.4) is 0 Å². The van der Waals surface area contributed by atoms with Crippen molar-refractivity contribution in [2.45, 2.75) is 17.1 Å². The van der Waals surface area contributed by atoms with Crippen molar-refractivity contribution in [1.82, 2.24) is 10.3 Å². The Labute approximate surface area is 303 Å². The molecular formula is C40H34N4O5S2. The number of aromatic nitrogens is 1. The molecule has 256 valence electrons. The quantitative estimate of drug-likeness (QED) is 0.0810. The molecule has 0 radical (unpaired) electrons. The topological polar surface area (TPSA) is 119 Å². The van der Waals surface area contributed by atoms with Gasteiger partial charge in [0.15, 0.2) is 5.13 Å². The summed E-state index contributed by atoms with van der Waals surface area (Å²) in [6.45, 7) is 2.49. The third kappa shape index (κ3) is 9.21. The molecule has 0 saturated heterocycles. The zero-order valence-corrected chi connectivity index (χ0v) is 29.4. The van der Waals surface area contributed by atoms with Gasteiger partial charge in [-0.2, -0.15) is 0 Å². The number of ether oxygens (including phenoxy) is 2. The lowest BCUT2D eigenvalue weighted by Crippen LogP contribution is -2.30. The van der Waals surface area contributed by atoms with Crippen molar-refractivity contribution in [2.75, 3.05) is 24.4 Å². The molecule has 6 rings (SSSR count). The van der Waals surface area contributed by atoms with E-state index in [1.165, 1.54) is 23.1 Å². The van der Waals surface area contributed by atoms with E-state index in [0.717, 1.165) is 26.4 Å². The zero-order chi connectivity index (χ0) is 35.6. The lowest BCUT2D eigenvalue weighted by Gasteiger charge is -2.17. The number of hydrogen-bond donors (Lipinski definition) is 3. The zero-order valence-electron chi connectivity index (χ0n) is 27.8. The standard InChI is InChI=1S/C40H34N4O5S2/c1-3-49-31-19-22-33-35(25-31)51-40(43-33)44-39(47)36(27-12-6-4-7-13-27)50-32-20-17-29(18-21-32)41-38(46)34(24-26-11-10-16-30(23-26)48-2)42-37(45)28-14-8-5-9-15-28/h4-25,36H,3H2,1-2H3,(H,41,46)(H,42,45)(H,43,44,47)/b34-24-. The van der Waals surface area contributed by atoms with Crippen LogP contribution in [0.2, 0.25) is 0 Å². The molecule has 1 atom stereocenters. The predicted octanol–water partition coefficient (Wildman–Crippen LogP) is 8.59. The third-order valence-corrected chi connectivity index (χ3v) is 9.74. The maximum Gasteiger partial charge on any atom is 0.272 e. The van der Waals surface area contributed by atoms with E-state index in [4.69, 9.17) is 9.47 Å². The predicted molar refractivity (Wildman–Crippen MR) is 204 cm³/mol. The average molecular weight is 715 g/mol. The highest BCUT2D eigenvalue weighted by Gasteiger charge is 2.24. The van der Waals surface area contributed by atoms with Crippen LogP contribution < -0.4 is 25.4 Å². The highest BCUT2D eigenvalue weighted by atomic mass is 32.2. The van der Waals surface area contributed by atoms with Gasteiger partial charge in [-0.05, 0) is 90.9 Å². The fraction of sp³-hybridized carbons (Fsp3) is 0.100. The van der Waals surface area contributed by atoms with Crippen LogP contribution in [0.15, 0.2) is 138 Å². The van der Waals surface area contributed by atoms with Crippen LogP contribution in [0.1, 0.15) is 33.7 Å². The second-order valence-electron chi connectivity index (χ2n) is 11.1. The first-order valence-corrected chi connectivity index (χ1v) is 17.8. The number of benzene rings is 5. The number of carbonyl (C=O) groups is 3. The molecule has 1 heterocycles. The van der Waals surface area contributed by atoms with Gasteiger partial charge < -0.3 is 25.4 Å². The summed E-state index contributed by atoms with van der Waals surface area (Å²) in [7, 11) is 1.56. The Morgan fingerprint density at radius 2 is 1.57 bits per heavy atom. The van der Waals surface area contributed by atoms with Crippen molar-refractivity contribution >= 4 is 67.9 Å². The minimum atomic E-state index is -0.580. The van der Waals surface area contributed by atoms with E-state index in [2.05, 4.69) is 20.9 Å². The molecule has 0 saturated carbocycles. The molecule has 5 aromatic carbocycles. The second-order valence-corrected chi connectivity index (χ2v) is 13.3. The summed E-state index contributed by atoms with van der Waals surface area (Å²) in [4.78, 5) is 45.8. The summed E-state index contributed by atoms with van der Waals surface area (Å²) >= 11 is 2.77. The van der Waals surface area contributed by atoms with Crippen molar-refractivity contribution in [3.05, 3.63) is 150 Å². The number of methoxy groups -OCH3 is 1.